The fourth-order valence-electron chi connectivity index (χ4n) is 6.53. The van der Waals surface area contributed by atoms with Crippen LogP contribution in [0.3, 0.4) is 0 Å². The Labute approximate surface area is 247 Å². The van der Waals surface area contributed by atoms with Crippen molar-refractivity contribution in [2.24, 2.45) is 0 Å². The van der Waals surface area contributed by atoms with Gasteiger partial charge in [-0.25, -0.2) is 0 Å². The van der Waals surface area contributed by atoms with E-state index < -0.39 is 0 Å². The zero-order valence-electron chi connectivity index (χ0n) is 23.0. The number of benzene rings is 5. The smallest absolute Gasteiger partial charge is 0.0992 e. The topological polar surface area (TPSA) is 33.6 Å². The number of allylic oxidation sites excluding steroid dienone is 1. The van der Waals surface area contributed by atoms with Crippen LogP contribution in [0.4, 0.5) is 0 Å². The summed E-state index contributed by atoms with van der Waals surface area (Å²) in [5, 5.41) is 15.7. The number of hydrogen-bond donors (Lipinski definition) is 0. The van der Waals surface area contributed by atoms with E-state index in [4.69, 9.17) is 0 Å². The van der Waals surface area contributed by atoms with Gasteiger partial charge in [-0.05, 0) is 67.6 Å². The molecule has 0 aliphatic heterocycles. The minimum absolute atomic E-state index is 0.657. The molecule has 0 saturated carbocycles. The summed E-state index contributed by atoms with van der Waals surface area (Å²) in [5.74, 6) is 0. The van der Waals surface area contributed by atoms with Crippen LogP contribution in [0.5, 0.6) is 0 Å². The van der Waals surface area contributed by atoms with E-state index in [1.807, 2.05) is 29.5 Å². The largest absolute Gasteiger partial charge is 0.309 e. The Kier molecular flexibility index (Phi) is 5.43. The van der Waals surface area contributed by atoms with Crippen molar-refractivity contribution in [1.29, 1.82) is 5.26 Å². The summed E-state index contributed by atoms with van der Waals surface area (Å²) < 4.78 is 7.14. The van der Waals surface area contributed by atoms with Crippen LogP contribution in [0.1, 0.15) is 23.7 Å². The Hall–Kier alpha value is -5.37. The molecule has 0 saturated heterocycles. The molecule has 0 N–H and O–H groups in total. The molecule has 8 aromatic rings. The summed E-state index contributed by atoms with van der Waals surface area (Å²) in [7, 11) is 0. The summed E-state index contributed by atoms with van der Waals surface area (Å²) >= 11 is 1.82. The lowest BCUT2D eigenvalue weighted by molar-refractivity contribution is 1.12. The van der Waals surface area contributed by atoms with E-state index in [1.54, 1.807) is 0 Å². The van der Waals surface area contributed by atoms with E-state index in [-0.39, 0.29) is 0 Å². The highest BCUT2D eigenvalue weighted by Gasteiger charge is 2.19. The van der Waals surface area contributed by atoms with Gasteiger partial charge in [0.25, 0.3) is 0 Å². The maximum atomic E-state index is 9.69. The molecular formula is C38H25N3S. The van der Waals surface area contributed by atoms with Gasteiger partial charge >= 0.3 is 0 Å². The zero-order chi connectivity index (χ0) is 28.4. The van der Waals surface area contributed by atoms with Gasteiger partial charge in [0, 0.05) is 47.6 Å². The van der Waals surface area contributed by atoms with Gasteiger partial charge in [0.15, 0.2) is 0 Å². The minimum atomic E-state index is 0.657. The third-order valence-electron chi connectivity index (χ3n) is 8.24. The first-order valence-electron chi connectivity index (χ1n) is 14.0. The Morgan fingerprint density at radius 1 is 0.714 bits per heavy atom. The molecule has 4 heteroatoms. The van der Waals surface area contributed by atoms with E-state index >= 15 is 0 Å². The number of nitriles is 1. The average Bonchev–Trinajstić information content (AvgIpc) is 3.68. The van der Waals surface area contributed by atoms with Crippen molar-refractivity contribution in [3.8, 4) is 17.4 Å². The number of thiophene rings is 1. The molecule has 0 atom stereocenters. The summed E-state index contributed by atoms with van der Waals surface area (Å²) in [6.45, 7) is 6.28. The quantitative estimate of drug-likeness (QED) is 0.213. The second-order valence-electron chi connectivity index (χ2n) is 10.5. The monoisotopic (exact) mass is 555 g/mol. The van der Waals surface area contributed by atoms with Crippen LogP contribution in [0.25, 0.3) is 76.4 Å². The maximum absolute atomic E-state index is 9.69. The van der Waals surface area contributed by atoms with Crippen molar-refractivity contribution >= 4 is 76.4 Å². The average molecular weight is 556 g/mol. The van der Waals surface area contributed by atoms with Gasteiger partial charge in [-0.3, -0.25) is 0 Å². The molecule has 198 valence electrons. The third kappa shape index (κ3) is 3.38. The molecule has 0 radical (unpaired) electrons. The Morgan fingerprint density at radius 3 is 2.26 bits per heavy atom. The maximum Gasteiger partial charge on any atom is 0.0992 e. The molecule has 3 heterocycles. The number of rotatable bonds is 4. The normalized spacial score (nSPS) is 11.9. The van der Waals surface area contributed by atoms with Crippen molar-refractivity contribution in [2.45, 2.75) is 6.92 Å². The standard InChI is InChI=1S/C38H25N3S/c1-3-10-26-27-11-6-8-14-33(27)41(31(26)4-2)34-15-9-16-37-38(34)30-22-25(18-20-36(30)42-37)40-32-13-7-5-12-28(32)29-19-17-24(23-39)21-35(29)40/h3-22H,2H2,1H3/b10-3-. The van der Waals surface area contributed by atoms with Crippen LogP contribution in [0.15, 0.2) is 116 Å². The number of hydrogen-bond acceptors (Lipinski definition) is 2. The summed E-state index contributed by atoms with van der Waals surface area (Å²) in [4.78, 5) is 0. The molecule has 0 bridgehead atoms. The number of aromatic nitrogens is 2. The first kappa shape index (κ1) is 24.4. The zero-order valence-corrected chi connectivity index (χ0v) is 23.8. The Balaban J connectivity index is 1.47. The summed E-state index contributed by atoms with van der Waals surface area (Å²) in [6, 6.07) is 38.7. The molecule has 42 heavy (non-hydrogen) atoms. The lowest BCUT2D eigenvalue weighted by Gasteiger charge is -2.12. The summed E-state index contributed by atoms with van der Waals surface area (Å²) in [5.41, 5.74) is 8.47. The Morgan fingerprint density at radius 2 is 1.48 bits per heavy atom. The first-order chi connectivity index (χ1) is 20.7. The van der Waals surface area contributed by atoms with Gasteiger partial charge in [0.2, 0.25) is 0 Å². The molecule has 0 amide bonds. The molecular weight excluding hydrogens is 531 g/mol. The van der Waals surface area contributed by atoms with Crippen LogP contribution in [0, 0.1) is 11.3 Å². The predicted octanol–water partition coefficient (Wildman–Crippen LogP) is 10.6. The fraction of sp³-hybridized carbons (Fsp3) is 0.0263. The van der Waals surface area contributed by atoms with Gasteiger partial charge in [-0.2, -0.15) is 5.26 Å². The highest BCUT2D eigenvalue weighted by molar-refractivity contribution is 7.25. The number of para-hydroxylation sites is 2. The lowest BCUT2D eigenvalue weighted by atomic mass is 10.1. The molecule has 3 nitrogen and oxygen atoms in total. The van der Waals surface area contributed by atoms with Crippen molar-refractivity contribution in [1.82, 2.24) is 9.13 Å². The van der Waals surface area contributed by atoms with Crippen LogP contribution in [0.2, 0.25) is 0 Å². The minimum Gasteiger partial charge on any atom is -0.309 e. The van der Waals surface area contributed by atoms with Gasteiger partial charge in [-0.15, -0.1) is 11.3 Å². The second kappa shape index (κ2) is 9.34. The summed E-state index contributed by atoms with van der Waals surface area (Å²) in [6.07, 6.45) is 6.24. The van der Waals surface area contributed by atoms with E-state index in [9.17, 15) is 5.26 Å². The fourth-order valence-corrected chi connectivity index (χ4v) is 7.63. The highest BCUT2D eigenvalue weighted by Crippen LogP contribution is 2.42. The molecule has 8 rings (SSSR count). The van der Waals surface area contributed by atoms with Crippen molar-refractivity contribution < 1.29 is 0 Å². The predicted molar refractivity (Wildman–Crippen MR) is 180 cm³/mol. The number of nitrogens with zero attached hydrogens (tertiary/aromatic N) is 3. The van der Waals surface area contributed by atoms with E-state index in [0.717, 1.165) is 39.0 Å². The molecule has 5 aromatic carbocycles. The SMILES string of the molecule is C=Cc1c(/C=C\C)c2ccccc2n1-c1cccc2sc3ccc(-n4c5ccccc5c5ccc(C#N)cc54)cc3c12. The van der Waals surface area contributed by atoms with Crippen LogP contribution >= 0.6 is 11.3 Å². The van der Waals surface area contributed by atoms with Gasteiger partial charge in [0.1, 0.15) is 0 Å². The molecule has 0 aliphatic carbocycles. The molecule has 0 spiro atoms. The molecule has 0 unspecified atom stereocenters. The van der Waals surface area contributed by atoms with Gasteiger partial charge in [0.05, 0.1) is 39.6 Å². The van der Waals surface area contributed by atoms with Crippen molar-refractivity contribution in [3.63, 3.8) is 0 Å². The van der Waals surface area contributed by atoms with Gasteiger partial charge < -0.3 is 9.13 Å². The Bertz CT molecular complexity index is 2460. The molecule has 0 fully saturated rings. The van der Waals surface area contributed by atoms with Crippen LogP contribution in [-0.2, 0) is 0 Å². The van der Waals surface area contributed by atoms with Gasteiger partial charge in [-0.1, -0.05) is 67.3 Å². The number of fused-ring (bicyclic) bond motifs is 7. The lowest BCUT2D eigenvalue weighted by Crippen LogP contribution is -1.98. The van der Waals surface area contributed by atoms with Crippen molar-refractivity contribution in [2.75, 3.05) is 0 Å². The van der Waals surface area contributed by atoms with Crippen LogP contribution in [-0.4, -0.2) is 9.13 Å². The highest BCUT2D eigenvalue weighted by atomic mass is 32.1. The van der Waals surface area contributed by atoms with E-state index in [2.05, 4.69) is 132 Å². The third-order valence-corrected chi connectivity index (χ3v) is 9.37. The first-order valence-corrected chi connectivity index (χ1v) is 14.8. The molecule has 0 aliphatic rings. The van der Waals surface area contributed by atoms with Crippen molar-refractivity contribution in [3.05, 3.63) is 133 Å². The molecule has 3 aromatic heterocycles. The second-order valence-corrected chi connectivity index (χ2v) is 11.6. The van der Waals surface area contributed by atoms with E-state index in [1.165, 1.54) is 36.5 Å². The van der Waals surface area contributed by atoms with Crippen LogP contribution < -0.4 is 0 Å². The van der Waals surface area contributed by atoms with E-state index in [0.29, 0.717) is 5.56 Å².